The molecular weight excluding hydrogens is 483 g/mol. The summed E-state index contributed by atoms with van der Waals surface area (Å²) in [6.45, 7) is 4.22. The van der Waals surface area contributed by atoms with Crippen molar-refractivity contribution < 1.29 is 4.79 Å². The van der Waals surface area contributed by atoms with Crippen molar-refractivity contribution >= 4 is 57.8 Å². The molecule has 3 aromatic rings. The predicted molar refractivity (Wildman–Crippen MR) is 136 cm³/mol. The van der Waals surface area contributed by atoms with E-state index in [4.69, 9.17) is 34.8 Å². The number of amides is 1. The maximum absolute atomic E-state index is 13.5. The average Bonchev–Trinajstić information content (AvgIpc) is 2.81. The Morgan fingerprint density at radius 1 is 1.00 bits per heavy atom. The van der Waals surface area contributed by atoms with Gasteiger partial charge in [-0.25, -0.2) is 0 Å². The van der Waals surface area contributed by atoms with E-state index in [2.05, 4.69) is 10.2 Å². The molecule has 2 heterocycles. The van der Waals surface area contributed by atoms with Crippen molar-refractivity contribution in [2.24, 2.45) is 7.05 Å². The number of halogens is 3. The van der Waals surface area contributed by atoms with Crippen LogP contribution in [-0.2, 0) is 7.05 Å². The van der Waals surface area contributed by atoms with Crippen LogP contribution in [0.25, 0.3) is 0 Å². The lowest BCUT2D eigenvalue weighted by molar-refractivity contribution is 0.0747. The van der Waals surface area contributed by atoms with Gasteiger partial charge in [0.25, 0.3) is 11.5 Å². The van der Waals surface area contributed by atoms with Gasteiger partial charge in [0.1, 0.15) is 5.02 Å². The molecule has 0 unspecified atom stereocenters. The summed E-state index contributed by atoms with van der Waals surface area (Å²) in [5, 5.41) is 4.35. The standard InChI is InChI=1S/C24H23Cl3N4O2/c1-15-7-8-16(25)13-19(15)28-22-17(14-29(2)24(33)21(22)27)23(32)31-11-9-30(10-12-31)20-6-4-3-5-18(20)26/h3-8,13-14,28H,9-12H2,1-2H3. The van der Waals surface area contributed by atoms with Crippen LogP contribution in [0.2, 0.25) is 15.1 Å². The topological polar surface area (TPSA) is 57.6 Å². The van der Waals surface area contributed by atoms with Gasteiger partial charge in [-0.3, -0.25) is 9.59 Å². The zero-order chi connectivity index (χ0) is 23.7. The lowest BCUT2D eigenvalue weighted by Gasteiger charge is -2.36. The Morgan fingerprint density at radius 3 is 2.39 bits per heavy atom. The molecule has 0 spiro atoms. The molecule has 1 amide bonds. The average molecular weight is 506 g/mol. The minimum absolute atomic E-state index is 0.0440. The summed E-state index contributed by atoms with van der Waals surface area (Å²) in [6, 6.07) is 13.0. The van der Waals surface area contributed by atoms with Crippen LogP contribution in [0.3, 0.4) is 0 Å². The minimum atomic E-state index is -0.390. The van der Waals surface area contributed by atoms with Gasteiger partial charge in [0.15, 0.2) is 0 Å². The van der Waals surface area contributed by atoms with Gasteiger partial charge in [-0.2, -0.15) is 0 Å². The molecule has 1 N–H and O–H groups in total. The smallest absolute Gasteiger partial charge is 0.271 e. The van der Waals surface area contributed by atoms with E-state index in [1.807, 2.05) is 37.3 Å². The Kier molecular flexibility index (Phi) is 6.88. The quantitative estimate of drug-likeness (QED) is 0.519. The largest absolute Gasteiger partial charge is 0.367 e. The molecule has 0 atom stereocenters. The van der Waals surface area contributed by atoms with Crippen LogP contribution < -0.4 is 15.8 Å². The summed E-state index contributed by atoms with van der Waals surface area (Å²) in [7, 11) is 1.58. The molecule has 172 valence electrons. The van der Waals surface area contributed by atoms with E-state index in [9.17, 15) is 9.59 Å². The normalized spacial score (nSPS) is 13.8. The predicted octanol–water partition coefficient (Wildman–Crippen LogP) is 5.36. The van der Waals surface area contributed by atoms with Crippen LogP contribution in [0.1, 0.15) is 15.9 Å². The number of carbonyl (C=O) groups excluding carboxylic acids is 1. The molecule has 1 saturated heterocycles. The molecule has 0 aliphatic carbocycles. The number of hydrogen-bond donors (Lipinski definition) is 1. The Labute approximate surface area is 207 Å². The molecule has 0 radical (unpaired) electrons. The summed E-state index contributed by atoms with van der Waals surface area (Å²) in [5.41, 5.74) is 2.75. The minimum Gasteiger partial charge on any atom is -0.367 e. The van der Waals surface area contributed by atoms with Gasteiger partial charge in [0.2, 0.25) is 0 Å². The molecule has 33 heavy (non-hydrogen) atoms. The van der Waals surface area contributed by atoms with Gasteiger partial charge in [0, 0.05) is 50.1 Å². The lowest BCUT2D eigenvalue weighted by Crippen LogP contribution is -2.49. The number of pyridine rings is 1. The zero-order valence-electron chi connectivity index (χ0n) is 18.2. The molecule has 0 saturated carbocycles. The lowest BCUT2D eigenvalue weighted by atomic mass is 10.1. The maximum Gasteiger partial charge on any atom is 0.271 e. The first kappa shape index (κ1) is 23.5. The summed E-state index contributed by atoms with van der Waals surface area (Å²) in [5.74, 6) is -0.200. The Hall–Kier alpha value is -2.67. The van der Waals surface area contributed by atoms with Crippen molar-refractivity contribution in [1.82, 2.24) is 9.47 Å². The Morgan fingerprint density at radius 2 is 1.70 bits per heavy atom. The number of carbonyl (C=O) groups is 1. The van der Waals surface area contributed by atoms with Crippen LogP contribution in [0.15, 0.2) is 53.5 Å². The molecule has 9 heteroatoms. The molecule has 1 fully saturated rings. The number of hydrogen-bond acceptors (Lipinski definition) is 4. The van der Waals surface area contributed by atoms with Crippen molar-refractivity contribution in [3.8, 4) is 0 Å². The highest BCUT2D eigenvalue weighted by Crippen LogP contribution is 2.31. The number of para-hydroxylation sites is 1. The first-order valence-electron chi connectivity index (χ1n) is 10.5. The number of anilines is 3. The van der Waals surface area contributed by atoms with E-state index in [0.717, 1.165) is 11.3 Å². The number of aromatic nitrogens is 1. The molecule has 2 aromatic carbocycles. The van der Waals surface area contributed by atoms with Crippen LogP contribution in [0.5, 0.6) is 0 Å². The van der Waals surface area contributed by atoms with Crippen molar-refractivity contribution in [1.29, 1.82) is 0 Å². The first-order chi connectivity index (χ1) is 15.8. The van der Waals surface area contributed by atoms with E-state index in [0.29, 0.717) is 47.5 Å². The van der Waals surface area contributed by atoms with Crippen molar-refractivity contribution in [3.63, 3.8) is 0 Å². The second kappa shape index (κ2) is 9.67. The third-order valence-corrected chi connectivity index (χ3v) is 6.67. The third-order valence-electron chi connectivity index (χ3n) is 5.77. The fourth-order valence-electron chi connectivity index (χ4n) is 3.87. The number of benzene rings is 2. The first-order valence-corrected chi connectivity index (χ1v) is 11.6. The van der Waals surface area contributed by atoms with Gasteiger partial charge >= 0.3 is 0 Å². The monoisotopic (exact) mass is 504 g/mol. The fraction of sp³-hybridized carbons (Fsp3) is 0.250. The molecule has 6 nitrogen and oxygen atoms in total. The number of nitrogens with zero attached hydrogens (tertiary/aromatic N) is 3. The second-order valence-corrected chi connectivity index (χ2v) is 9.18. The highest BCUT2D eigenvalue weighted by atomic mass is 35.5. The summed E-state index contributed by atoms with van der Waals surface area (Å²) >= 11 is 18.9. The highest BCUT2D eigenvalue weighted by molar-refractivity contribution is 6.34. The van der Waals surface area contributed by atoms with E-state index >= 15 is 0 Å². The molecule has 1 aliphatic heterocycles. The SMILES string of the molecule is Cc1ccc(Cl)cc1Nc1c(C(=O)N2CCN(c3ccccc3Cl)CC2)cn(C)c(=O)c1Cl. The molecule has 1 aliphatic rings. The van der Waals surface area contributed by atoms with Crippen LogP contribution >= 0.6 is 34.8 Å². The van der Waals surface area contributed by atoms with Gasteiger partial charge in [-0.1, -0.05) is 53.0 Å². The number of rotatable bonds is 4. The Bertz CT molecular complexity index is 1270. The third kappa shape index (κ3) is 4.83. The zero-order valence-corrected chi connectivity index (χ0v) is 20.5. The van der Waals surface area contributed by atoms with E-state index in [1.165, 1.54) is 10.8 Å². The molecule has 0 bridgehead atoms. The van der Waals surface area contributed by atoms with Crippen molar-refractivity contribution in [2.45, 2.75) is 6.92 Å². The van der Waals surface area contributed by atoms with Gasteiger partial charge in [-0.05, 0) is 36.8 Å². The van der Waals surface area contributed by atoms with Gasteiger partial charge in [0.05, 0.1) is 22.0 Å². The Balaban J connectivity index is 1.62. The van der Waals surface area contributed by atoms with Crippen molar-refractivity contribution in [2.75, 3.05) is 36.4 Å². The number of piperazine rings is 1. The van der Waals surface area contributed by atoms with E-state index < -0.39 is 0 Å². The van der Waals surface area contributed by atoms with Gasteiger partial charge in [-0.15, -0.1) is 0 Å². The molecule has 4 rings (SSSR count). The number of aryl methyl sites for hydroxylation is 2. The van der Waals surface area contributed by atoms with E-state index in [1.54, 1.807) is 24.1 Å². The summed E-state index contributed by atoms with van der Waals surface area (Å²) in [6.07, 6.45) is 1.53. The summed E-state index contributed by atoms with van der Waals surface area (Å²) < 4.78 is 1.32. The van der Waals surface area contributed by atoms with Crippen LogP contribution in [0, 0.1) is 6.92 Å². The molecular formula is C24H23Cl3N4O2. The summed E-state index contributed by atoms with van der Waals surface area (Å²) in [4.78, 5) is 30.0. The maximum atomic E-state index is 13.5. The highest BCUT2D eigenvalue weighted by Gasteiger charge is 2.27. The van der Waals surface area contributed by atoms with Gasteiger partial charge < -0.3 is 19.7 Å². The van der Waals surface area contributed by atoms with Crippen LogP contribution in [0.4, 0.5) is 17.1 Å². The second-order valence-electron chi connectivity index (χ2n) is 7.96. The van der Waals surface area contributed by atoms with Crippen LogP contribution in [-0.4, -0.2) is 41.6 Å². The van der Waals surface area contributed by atoms with E-state index in [-0.39, 0.29) is 22.2 Å². The van der Waals surface area contributed by atoms with Crippen molar-refractivity contribution in [3.05, 3.63) is 85.2 Å². The number of nitrogens with one attached hydrogen (secondary N) is 1. The fourth-order valence-corrected chi connectivity index (χ4v) is 4.58. The molecule has 1 aromatic heterocycles.